The third-order valence-corrected chi connectivity index (χ3v) is 3.77. The minimum atomic E-state index is -0.335. The molecule has 5 nitrogen and oxygen atoms in total. The maximum absolute atomic E-state index is 11.5. The summed E-state index contributed by atoms with van der Waals surface area (Å²) in [6.07, 6.45) is 3.77. The Morgan fingerprint density at radius 3 is 2.90 bits per heavy atom. The number of likely N-dealkylation sites (N-methyl/N-ethyl adjacent to an activating group) is 1. The standard InChI is InChI=1S/C15H23N3O2/c1-11-13(15(19)20-3)7-8-14(17-11)18(2)10-12-6-4-5-9-16-12/h7-8,12,16H,4-6,9-10H2,1-3H3. The van der Waals surface area contributed by atoms with E-state index in [9.17, 15) is 4.79 Å². The van der Waals surface area contributed by atoms with E-state index < -0.39 is 0 Å². The molecule has 1 aromatic heterocycles. The average molecular weight is 277 g/mol. The van der Waals surface area contributed by atoms with Crippen LogP contribution in [0.5, 0.6) is 0 Å². The Hall–Kier alpha value is -1.62. The number of carbonyl (C=O) groups excluding carboxylic acids is 1. The summed E-state index contributed by atoms with van der Waals surface area (Å²) in [5.41, 5.74) is 1.23. The number of pyridine rings is 1. The molecule has 0 amide bonds. The molecule has 2 rings (SSSR count). The molecule has 1 aromatic rings. The molecule has 1 saturated heterocycles. The van der Waals surface area contributed by atoms with Crippen LogP contribution in [0.4, 0.5) is 5.82 Å². The Kier molecular flexibility index (Phi) is 4.95. The second-order valence-electron chi connectivity index (χ2n) is 5.32. The molecule has 20 heavy (non-hydrogen) atoms. The fraction of sp³-hybridized carbons (Fsp3) is 0.600. The zero-order valence-electron chi connectivity index (χ0n) is 12.5. The monoisotopic (exact) mass is 277 g/mol. The molecular weight excluding hydrogens is 254 g/mol. The Bertz CT molecular complexity index is 470. The molecular formula is C15H23N3O2. The summed E-state index contributed by atoms with van der Waals surface area (Å²) < 4.78 is 4.74. The fourth-order valence-corrected chi connectivity index (χ4v) is 2.59. The molecule has 110 valence electrons. The van der Waals surface area contributed by atoms with Crippen LogP contribution < -0.4 is 10.2 Å². The third-order valence-electron chi connectivity index (χ3n) is 3.77. The number of aryl methyl sites for hydroxylation is 1. The molecule has 0 radical (unpaired) electrons. The highest BCUT2D eigenvalue weighted by molar-refractivity contribution is 5.90. The molecule has 1 atom stereocenters. The second kappa shape index (κ2) is 6.70. The van der Waals surface area contributed by atoms with E-state index >= 15 is 0 Å². The summed E-state index contributed by atoms with van der Waals surface area (Å²) in [5, 5.41) is 3.53. The molecule has 0 aromatic carbocycles. The first-order chi connectivity index (χ1) is 9.61. The highest BCUT2D eigenvalue weighted by atomic mass is 16.5. The molecule has 5 heteroatoms. The third kappa shape index (κ3) is 3.48. The zero-order valence-corrected chi connectivity index (χ0v) is 12.5. The number of hydrogen-bond donors (Lipinski definition) is 1. The van der Waals surface area contributed by atoms with Crippen molar-refractivity contribution < 1.29 is 9.53 Å². The van der Waals surface area contributed by atoms with Crippen molar-refractivity contribution >= 4 is 11.8 Å². The van der Waals surface area contributed by atoms with E-state index in [4.69, 9.17) is 4.74 Å². The first kappa shape index (κ1) is 14.8. The van der Waals surface area contributed by atoms with Crippen LogP contribution >= 0.6 is 0 Å². The number of ether oxygens (including phenoxy) is 1. The van der Waals surface area contributed by atoms with Crippen molar-refractivity contribution in [3.63, 3.8) is 0 Å². The van der Waals surface area contributed by atoms with E-state index in [2.05, 4.69) is 15.2 Å². The normalized spacial score (nSPS) is 18.6. The van der Waals surface area contributed by atoms with Gasteiger partial charge in [-0.3, -0.25) is 0 Å². The maximum atomic E-state index is 11.5. The van der Waals surface area contributed by atoms with Crippen LogP contribution in [0.3, 0.4) is 0 Å². The topological polar surface area (TPSA) is 54.5 Å². The molecule has 1 N–H and O–H groups in total. The van der Waals surface area contributed by atoms with Crippen molar-refractivity contribution in [2.75, 3.05) is 32.1 Å². The van der Waals surface area contributed by atoms with Crippen LogP contribution in [0, 0.1) is 6.92 Å². The lowest BCUT2D eigenvalue weighted by Gasteiger charge is -2.29. The Morgan fingerprint density at radius 2 is 2.30 bits per heavy atom. The van der Waals surface area contributed by atoms with Crippen LogP contribution in [0.2, 0.25) is 0 Å². The lowest BCUT2D eigenvalue weighted by molar-refractivity contribution is 0.0599. The van der Waals surface area contributed by atoms with Gasteiger partial charge in [-0.25, -0.2) is 9.78 Å². The molecule has 2 heterocycles. The Balaban J connectivity index is 2.04. The molecule has 0 spiro atoms. The van der Waals surface area contributed by atoms with Gasteiger partial charge in [0, 0.05) is 19.6 Å². The minimum absolute atomic E-state index is 0.335. The minimum Gasteiger partial charge on any atom is -0.465 e. The molecule has 1 unspecified atom stereocenters. The van der Waals surface area contributed by atoms with Gasteiger partial charge in [0.2, 0.25) is 0 Å². The number of rotatable bonds is 4. The zero-order chi connectivity index (χ0) is 14.5. The van der Waals surface area contributed by atoms with Gasteiger partial charge < -0.3 is 15.0 Å². The highest BCUT2D eigenvalue weighted by Gasteiger charge is 2.17. The predicted molar refractivity (Wildman–Crippen MR) is 79.2 cm³/mol. The van der Waals surface area contributed by atoms with Crippen LogP contribution in [-0.2, 0) is 4.74 Å². The average Bonchev–Trinajstić information content (AvgIpc) is 2.47. The first-order valence-electron chi connectivity index (χ1n) is 7.12. The highest BCUT2D eigenvalue weighted by Crippen LogP contribution is 2.16. The summed E-state index contributed by atoms with van der Waals surface area (Å²) in [5.74, 6) is 0.556. The van der Waals surface area contributed by atoms with Gasteiger partial charge in [-0.1, -0.05) is 6.42 Å². The number of piperidine rings is 1. The lowest BCUT2D eigenvalue weighted by atomic mass is 10.0. The summed E-state index contributed by atoms with van der Waals surface area (Å²) in [7, 11) is 3.42. The number of methoxy groups -OCH3 is 1. The summed E-state index contributed by atoms with van der Waals surface area (Å²) in [6.45, 7) is 3.87. The van der Waals surface area contributed by atoms with E-state index in [1.807, 2.05) is 20.0 Å². The number of carbonyl (C=O) groups is 1. The number of nitrogens with one attached hydrogen (secondary N) is 1. The first-order valence-corrected chi connectivity index (χ1v) is 7.12. The van der Waals surface area contributed by atoms with Crippen LogP contribution in [0.15, 0.2) is 12.1 Å². The van der Waals surface area contributed by atoms with E-state index in [1.54, 1.807) is 6.07 Å². The van der Waals surface area contributed by atoms with Crippen molar-refractivity contribution in [2.45, 2.75) is 32.2 Å². The van der Waals surface area contributed by atoms with Crippen molar-refractivity contribution in [1.82, 2.24) is 10.3 Å². The molecule has 1 aliphatic rings. The van der Waals surface area contributed by atoms with Gasteiger partial charge >= 0.3 is 5.97 Å². The smallest absolute Gasteiger partial charge is 0.339 e. The number of esters is 1. The molecule has 0 aliphatic carbocycles. The largest absolute Gasteiger partial charge is 0.465 e. The maximum Gasteiger partial charge on any atom is 0.339 e. The predicted octanol–water partition coefficient (Wildman–Crippen LogP) is 1.75. The van der Waals surface area contributed by atoms with Gasteiger partial charge in [-0.15, -0.1) is 0 Å². The van der Waals surface area contributed by atoms with Gasteiger partial charge in [0.25, 0.3) is 0 Å². The SMILES string of the molecule is COC(=O)c1ccc(N(C)CC2CCCCN2)nc1C. The second-order valence-corrected chi connectivity index (χ2v) is 5.32. The van der Waals surface area contributed by atoms with Gasteiger partial charge in [-0.2, -0.15) is 0 Å². The van der Waals surface area contributed by atoms with Crippen LogP contribution in [-0.4, -0.2) is 44.2 Å². The van der Waals surface area contributed by atoms with Crippen molar-refractivity contribution in [3.8, 4) is 0 Å². The Labute approximate surface area is 120 Å². The van der Waals surface area contributed by atoms with Gasteiger partial charge in [0.15, 0.2) is 0 Å². The molecule has 0 saturated carbocycles. The molecule has 1 aliphatic heterocycles. The quantitative estimate of drug-likeness (QED) is 0.850. The summed E-state index contributed by atoms with van der Waals surface area (Å²) >= 11 is 0. The molecule has 0 bridgehead atoms. The van der Waals surface area contributed by atoms with Gasteiger partial charge in [-0.05, 0) is 38.4 Å². The fourth-order valence-electron chi connectivity index (χ4n) is 2.59. The van der Waals surface area contributed by atoms with Crippen molar-refractivity contribution in [3.05, 3.63) is 23.4 Å². The number of aromatic nitrogens is 1. The van der Waals surface area contributed by atoms with Crippen molar-refractivity contribution in [2.24, 2.45) is 0 Å². The van der Waals surface area contributed by atoms with Gasteiger partial charge in [0.05, 0.1) is 18.4 Å². The summed E-state index contributed by atoms with van der Waals surface area (Å²) in [4.78, 5) is 18.2. The van der Waals surface area contributed by atoms with E-state index in [-0.39, 0.29) is 5.97 Å². The van der Waals surface area contributed by atoms with Crippen molar-refractivity contribution in [1.29, 1.82) is 0 Å². The number of anilines is 1. The van der Waals surface area contributed by atoms with E-state index in [0.29, 0.717) is 17.3 Å². The van der Waals surface area contributed by atoms with E-state index in [0.717, 1.165) is 18.9 Å². The lowest BCUT2D eigenvalue weighted by Crippen LogP contribution is -2.42. The van der Waals surface area contributed by atoms with Crippen LogP contribution in [0.25, 0.3) is 0 Å². The van der Waals surface area contributed by atoms with Crippen LogP contribution in [0.1, 0.15) is 35.3 Å². The van der Waals surface area contributed by atoms with E-state index in [1.165, 1.54) is 26.4 Å². The van der Waals surface area contributed by atoms with Gasteiger partial charge in [0.1, 0.15) is 5.82 Å². The summed E-state index contributed by atoms with van der Waals surface area (Å²) in [6, 6.07) is 4.19. The number of hydrogen-bond acceptors (Lipinski definition) is 5. The number of nitrogens with zero attached hydrogens (tertiary/aromatic N) is 2. The Morgan fingerprint density at radius 1 is 1.50 bits per heavy atom. The molecule has 1 fully saturated rings.